The lowest BCUT2D eigenvalue weighted by molar-refractivity contribution is -0.116. The lowest BCUT2D eigenvalue weighted by atomic mass is 10.2. The smallest absolute Gasteiger partial charge is 0.227 e. The molecule has 1 amide bonds. The van der Waals surface area contributed by atoms with E-state index in [1.807, 2.05) is 0 Å². The molecule has 0 unspecified atom stereocenters. The minimum atomic E-state index is -3.76. The molecule has 1 N–H and O–H groups in total. The number of amides is 1. The van der Waals surface area contributed by atoms with Crippen molar-refractivity contribution in [2.75, 3.05) is 5.32 Å². The Kier molecular flexibility index (Phi) is 6.02. The fourth-order valence-corrected chi connectivity index (χ4v) is 3.72. The quantitative estimate of drug-likeness (QED) is 0.588. The molecule has 0 aliphatic carbocycles. The van der Waals surface area contributed by atoms with Crippen molar-refractivity contribution in [3.8, 4) is 0 Å². The largest absolute Gasteiger partial charge is 0.339 e. The molecule has 3 rings (SSSR count). The molecule has 0 saturated carbocycles. The maximum atomic E-state index is 13.1. The number of nitrogens with zero attached hydrogens (tertiary/aromatic N) is 2. The number of hydrogen-bond acceptors (Lipinski definition) is 6. The summed E-state index contributed by atoms with van der Waals surface area (Å²) >= 11 is 0. The maximum absolute atomic E-state index is 13.1. The third kappa shape index (κ3) is 5.44. The lowest BCUT2D eigenvalue weighted by Gasteiger charge is -2.07. The van der Waals surface area contributed by atoms with Crippen LogP contribution in [0.25, 0.3) is 0 Å². The van der Waals surface area contributed by atoms with Gasteiger partial charge in [-0.15, -0.1) is 0 Å². The summed E-state index contributed by atoms with van der Waals surface area (Å²) in [6, 6.07) is 8.44. The number of rotatable bonds is 7. The first-order valence-electron chi connectivity index (χ1n) is 8.59. The maximum Gasteiger partial charge on any atom is 0.227 e. The number of halogens is 2. The number of hydrogen-bond donors (Lipinski definition) is 1. The molecular formula is C19H17F2N3O4S. The van der Waals surface area contributed by atoms with E-state index in [1.165, 1.54) is 18.2 Å². The summed E-state index contributed by atoms with van der Waals surface area (Å²) in [6.45, 7) is 1.67. The molecule has 1 heterocycles. The summed E-state index contributed by atoms with van der Waals surface area (Å²) in [5.74, 6) is -1.73. The van der Waals surface area contributed by atoms with Crippen molar-refractivity contribution in [1.82, 2.24) is 10.1 Å². The molecule has 0 atom stereocenters. The summed E-state index contributed by atoms with van der Waals surface area (Å²) in [5.41, 5.74) is 1.08. The predicted octanol–water partition coefficient (Wildman–Crippen LogP) is 3.20. The molecule has 0 aliphatic heterocycles. The second-order valence-corrected chi connectivity index (χ2v) is 8.31. The molecule has 0 aliphatic rings. The number of aromatic nitrogens is 2. The Morgan fingerprint density at radius 2 is 1.79 bits per heavy atom. The number of carbonyl (C=O) groups is 1. The van der Waals surface area contributed by atoms with Gasteiger partial charge in [0.25, 0.3) is 0 Å². The highest BCUT2D eigenvalue weighted by atomic mass is 32.2. The third-order valence-electron chi connectivity index (χ3n) is 4.03. The van der Waals surface area contributed by atoms with Crippen LogP contribution in [-0.4, -0.2) is 24.5 Å². The summed E-state index contributed by atoms with van der Waals surface area (Å²) in [7, 11) is -3.76. The van der Waals surface area contributed by atoms with Crippen LogP contribution in [0.15, 0.2) is 51.9 Å². The fourth-order valence-electron chi connectivity index (χ4n) is 2.55. The predicted molar refractivity (Wildman–Crippen MR) is 99.7 cm³/mol. The van der Waals surface area contributed by atoms with E-state index in [-0.39, 0.29) is 35.4 Å². The van der Waals surface area contributed by atoms with Crippen LogP contribution in [0.4, 0.5) is 14.5 Å². The van der Waals surface area contributed by atoms with Crippen LogP contribution in [0.1, 0.15) is 23.7 Å². The molecule has 0 saturated heterocycles. The molecule has 0 bridgehead atoms. The molecule has 0 fully saturated rings. The second kappa shape index (κ2) is 8.48. The van der Waals surface area contributed by atoms with Gasteiger partial charge in [-0.2, -0.15) is 4.98 Å². The Morgan fingerprint density at radius 3 is 2.48 bits per heavy atom. The van der Waals surface area contributed by atoms with Crippen molar-refractivity contribution in [1.29, 1.82) is 0 Å². The molecule has 10 heteroatoms. The van der Waals surface area contributed by atoms with Crippen molar-refractivity contribution in [2.45, 2.75) is 30.4 Å². The highest BCUT2D eigenvalue weighted by molar-refractivity contribution is 7.90. The van der Waals surface area contributed by atoms with Crippen molar-refractivity contribution in [3.05, 3.63) is 71.4 Å². The molecule has 152 valence electrons. The number of nitrogens with one attached hydrogen (secondary N) is 1. The molecular weight excluding hydrogens is 404 g/mol. The van der Waals surface area contributed by atoms with Crippen LogP contribution >= 0.6 is 0 Å². The first-order chi connectivity index (χ1) is 13.7. The first-order valence-corrected chi connectivity index (χ1v) is 10.2. The van der Waals surface area contributed by atoms with Gasteiger partial charge in [-0.05, 0) is 55.0 Å². The van der Waals surface area contributed by atoms with E-state index in [0.29, 0.717) is 11.3 Å². The van der Waals surface area contributed by atoms with E-state index in [2.05, 4.69) is 15.5 Å². The van der Waals surface area contributed by atoms with Crippen molar-refractivity contribution in [2.24, 2.45) is 0 Å². The standard InChI is InChI=1S/C19H17F2N3O4S/c1-12-10-14(21)4-7-16(12)22-18(25)8-9-19-23-17(24-28-19)11-29(26,27)15-5-2-13(20)3-6-15/h2-7,10H,8-9,11H2,1H3,(H,22,25). The number of sulfone groups is 1. The number of carbonyl (C=O) groups excluding carboxylic acids is 1. The van der Waals surface area contributed by atoms with Crippen LogP contribution in [-0.2, 0) is 26.8 Å². The minimum absolute atomic E-state index is 0.0170. The van der Waals surface area contributed by atoms with Gasteiger partial charge in [-0.3, -0.25) is 4.79 Å². The summed E-state index contributed by atoms with van der Waals surface area (Å²) in [5, 5.41) is 6.27. The minimum Gasteiger partial charge on any atom is -0.339 e. The number of aryl methyl sites for hydroxylation is 2. The Bertz CT molecular complexity index is 1130. The fraction of sp³-hybridized carbons (Fsp3) is 0.211. The average molecular weight is 421 g/mol. The molecule has 29 heavy (non-hydrogen) atoms. The lowest BCUT2D eigenvalue weighted by Crippen LogP contribution is -2.13. The monoisotopic (exact) mass is 421 g/mol. The zero-order valence-electron chi connectivity index (χ0n) is 15.4. The van der Waals surface area contributed by atoms with E-state index in [4.69, 9.17) is 4.52 Å². The zero-order valence-corrected chi connectivity index (χ0v) is 16.2. The second-order valence-electron chi connectivity index (χ2n) is 6.32. The van der Waals surface area contributed by atoms with Crippen LogP contribution < -0.4 is 5.32 Å². The van der Waals surface area contributed by atoms with Crippen molar-refractivity contribution in [3.63, 3.8) is 0 Å². The first kappa shape index (κ1) is 20.6. The van der Waals surface area contributed by atoms with Crippen LogP contribution in [0, 0.1) is 18.6 Å². The Hall–Kier alpha value is -3.14. The number of anilines is 1. The van der Waals surface area contributed by atoms with Gasteiger partial charge in [0.1, 0.15) is 17.4 Å². The zero-order chi connectivity index (χ0) is 21.0. The van der Waals surface area contributed by atoms with Crippen LogP contribution in [0.2, 0.25) is 0 Å². The van der Waals surface area contributed by atoms with E-state index in [9.17, 15) is 22.0 Å². The Labute approximate surface area is 165 Å². The highest BCUT2D eigenvalue weighted by Crippen LogP contribution is 2.17. The van der Waals surface area contributed by atoms with Crippen LogP contribution in [0.5, 0.6) is 0 Å². The topological polar surface area (TPSA) is 102 Å². The van der Waals surface area contributed by atoms with Gasteiger partial charge in [-0.1, -0.05) is 5.16 Å². The van der Waals surface area contributed by atoms with Gasteiger partial charge >= 0.3 is 0 Å². The van der Waals surface area contributed by atoms with Gasteiger partial charge in [0.15, 0.2) is 15.7 Å². The molecule has 1 aromatic heterocycles. The van der Waals surface area contributed by atoms with E-state index in [1.54, 1.807) is 6.92 Å². The van der Waals surface area contributed by atoms with E-state index < -0.39 is 27.2 Å². The van der Waals surface area contributed by atoms with Gasteiger partial charge in [0.2, 0.25) is 11.8 Å². The summed E-state index contributed by atoms with van der Waals surface area (Å²) < 4.78 is 55.7. The average Bonchev–Trinajstić information content (AvgIpc) is 3.09. The van der Waals surface area contributed by atoms with Crippen LogP contribution in [0.3, 0.4) is 0 Å². The van der Waals surface area contributed by atoms with Crippen molar-refractivity contribution >= 4 is 21.4 Å². The molecule has 2 aromatic carbocycles. The summed E-state index contributed by atoms with van der Waals surface area (Å²) in [6.07, 6.45) is 0.124. The molecule has 0 spiro atoms. The normalized spacial score (nSPS) is 11.4. The number of benzene rings is 2. The van der Waals surface area contributed by atoms with Gasteiger partial charge in [-0.25, -0.2) is 17.2 Å². The van der Waals surface area contributed by atoms with E-state index >= 15 is 0 Å². The SMILES string of the molecule is Cc1cc(F)ccc1NC(=O)CCc1nc(CS(=O)(=O)c2ccc(F)cc2)no1. The van der Waals surface area contributed by atoms with E-state index in [0.717, 1.165) is 24.3 Å². The van der Waals surface area contributed by atoms with Gasteiger partial charge in [0, 0.05) is 18.5 Å². The Balaban J connectivity index is 1.57. The summed E-state index contributed by atoms with van der Waals surface area (Å²) in [4.78, 5) is 16.0. The van der Waals surface area contributed by atoms with Gasteiger partial charge < -0.3 is 9.84 Å². The molecule has 0 radical (unpaired) electrons. The van der Waals surface area contributed by atoms with Crippen molar-refractivity contribution < 1.29 is 26.5 Å². The third-order valence-corrected chi connectivity index (χ3v) is 5.66. The highest BCUT2D eigenvalue weighted by Gasteiger charge is 2.20. The Morgan fingerprint density at radius 1 is 1.10 bits per heavy atom. The molecule has 7 nitrogen and oxygen atoms in total. The van der Waals surface area contributed by atoms with Gasteiger partial charge in [0.05, 0.1) is 4.90 Å². The molecule has 3 aromatic rings.